The van der Waals surface area contributed by atoms with Crippen LogP contribution in [0, 0.1) is 13.8 Å². The van der Waals surface area contributed by atoms with Gasteiger partial charge in [0.05, 0.1) is 13.2 Å². The first-order valence-electron chi connectivity index (χ1n) is 8.39. The number of anilines is 1. The molecule has 1 aromatic heterocycles. The van der Waals surface area contributed by atoms with Gasteiger partial charge in [0.25, 0.3) is 0 Å². The number of rotatable bonds is 3. The Labute approximate surface area is 148 Å². The first-order chi connectivity index (χ1) is 11.6. The topological polar surface area (TPSA) is 80.8 Å². The molecule has 1 N–H and O–H groups in total. The van der Waals surface area contributed by atoms with Crippen molar-refractivity contribution in [3.05, 3.63) is 23.4 Å². The third-order valence-corrected chi connectivity index (χ3v) is 4.01. The summed E-state index contributed by atoms with van der Waals surface area (Å²) in [6.07, 6.45) is 1.86. The van der Waals surface area contributed by atoms with Gasteiger partial charge in [0.2, 0.25) is 0 Å². The van der Waals surface area contributed by atoms with E-state index in [0.717, 1.165) is 11.1 Å². The molecular formula is C18H27N3O4. The molecule has 1 aliphatic rings. The lowest BCUT2D eigenvalue weighted by atomic mass is 10.1. The smallest absolute Gasteiger partial charge is 0.411 e. The second-order valence-corrected chi connectivity index (χ2v) is 7.36. The molecule has 0 unspecified atom stereocenters. The van der Waals surface area contributed by atoms with Crippen LogP contribution >= 0.6 is 0 Å². The summed E-state index contributed by atoms with van der Waals surface area (Å²) in [5.41, 5.74) is 1.42. The second-order valence-electron chi connectivity index (χ2n) is 7.36. The molecule has 2 atom stereocenters. The molecule has 25 heavy (non-hydrogen) atoms. The number of carbonyl (C=O) groups excluding carboxylic acids is 2. The number of ether oxygens (including phenoxy) is 2. The monoisotopic (exact) mass is 349 g/mol. The summed E-state index contributed by atoms with van der Waals surface area (Å²) in [5.74, 6) is 0.237. The second kappa shape index (κ2) is 7.29. The quantitative estimate of drug-likeness (QED) is 0.845. The number of amides is 1. The van der Waals surface area contributed by atoms with Gasteiger partial charge in [0, 0.05) is 12.7 Å². The van der Waals surface area contributed by atoms with Crippen molar-refractivity contribution in [3.63, 3.8) is 0 Å². The van der Waals surface area contributed by atoms with Crippen molar-refractivity contribution in [1.29, 1.82) is 0 Å². The molecule has 0 radical (unpaired) electrons. The molecule has 7 nitrogen and oxygen atoms in total. The minimum Gasteiger partial charge on any atom is -0.467 e. The molecule has 1 saturated heterocycles. The number of esters is 1. The van der Waals surface area contributed by atoms with Gasteiger partial charge < -0.3 is 14.8 Å². The Hall–Kier alpha value is -2.31. The average Bonchev–Trinajstić information content (AvgIpc) is 2.91. The van der Waals surface area contributed by atoms with Gasteiger partial charge in [-0.1, -0.05) is 6.07 Å². The van der Waals surface area contributed by atoms with E-state index in [1.54, 1.807) is 27.0 Å². The van der Waals surface area contributed by atoms with E-state index < -0.39 is 23.7 Å². The van der Waals surface area contributed by atoms with E-state index in [1.165, 1.54) is 12.0 Å². The Bertz CT molecular complexity index is 654. The number of hydrogen-bond donors (Lipinski definition) is 1. The maximum atomic E-state index is 12.5. The number of methoxy groups -OCH3 is 1. The fraction of sp³-hybridized carbons (Fsp3) is 0.611. The van der Waals surface area contributed by atoms with Crippen LogP contribution in [-0.4, -0.2) is 53.3 Å². The molecule has 1 aliphatic heterocycles. The van der Waals surface area contributed by atoms with E-state index in [9.17, 15) is 9.59 Å². The highest BCUT2D eigenvalue weighted by molar-refractivity contribution is 5.83. The molecule has 2 heterocycles. The zero-order valence-corrected chi connectivity index (χ0v) is 15.8. The number of nitrogens with zero attached hydrogens (tertiary/aromatic N) is 2. The Morgan fingerprint density at radius 3 is 2.56 bits per heavy atom. The Morgan fingerprint density at radius 1 is 1.32 bits per heavy atom. The lowest BCUT2D eigenvalue weighted by Crippen LogP contribution is -2.49. The lowest BCUT2D eigenvalue weighted by molar-refractivity contribution is -0.145. The van der Waals surface area contributed by atoms with Crippen molar-refractivity contribution in [2.75, 3.05) is 19.0 Å². The SMILES string of the molecule is COC(=O)[C@@H]1[C@@H](Nc2ncc(C)cc2C)CCN1C(=O)OC(C)(C)C. The van der Waals surface area contributed by atoms with Gasteiger partial charge in [-0.3, -0.25) is 4.90 Å². The summed E-state index contributed by atoms with van der Waals surface area (Å²) in [6, 6.07) is 0.986. The molecule has 1 aromatic rings. The van der Waals surface area contributed by atoms with Crippen molar-refractivity contribution < 1.29 is 19.1 Å². The van der Waals surface area contributed by atoms with Crippen LogP contribution in [0.2, 0.25) is 0 Å². The number of hydrogen-bond acceptors (Lipinski definition) is 6. The van der Waals surface area contributed by atoms with Crippen LogP contribution in [0.4, 0.5) is 10.6 Å². The standard InChI is InChI=1S/C18H27N3O4/c1-11-9-12(2)15(19-10-11)20-13-7-8-21(14(13)16(22)24-6)17(23)25-18(3,4)5/h9-10,13-14H,7-8H2,1-6H3,(H,19,20)/t13-,14-/m0/s1. The lowest BCUT2D eigenvalue weighted by Gasteiger charge is -2.29. The van der Waals surface area contributed by atoms with E-state index in [1.807, 2.05) is 19.9 Å². The largest absolute Gasteiger partial charge is 0.467 e. The van der Waals surface area contributed by atoms with Gasteiger partial charge in [0.15, 0.2) is 6.04 Å². The zero-order valence-electron chi connectivity index (χ0n) is 15.8. The van der Waals surface area contributed by atoms with E-state index in [-0.39, 0.29) is 6.04 Å². The number of likely N-dealkylation sites (tertiary alicyclic amines) is 1. The van der Waals surface area contributed by atoms with Crippen LogP contribution in [0.15, 0.2) is 12.3 Å². The first-order valence-corrected chi connectivity index (χ1v) is 8.39. The average molecular weight is 349 g/mol. The third-order valence-electron chi connectivity index (χ3n) is 4.01. The maximum absolute atomic E-state index is 12.5. The van der Waals surface area contributed by atoms with Gasteiger partial charge in [-0.2, -0.15) is 0 Å². The number of nitrogens with one attached hydrogen (secondary N) is 1. The number of carbonyl (C=O) groups is 2. The summed E-state index contributed by atoms with van der Waals surface area (Å²) in [6.45, 7) is 9.73. The molecule has 1 amide bonds. The predicted octanol–water partition coefficient (Wildman–Crippen LogP) is 2.66. The first kappa shape index (κ1) is 19.0. The third kappa shape index (κ3) is 4.61. The van der Waals surface area contributed by atoms with Crippen molar-refractivity contribution in [1.82, 2.24) is 9.88 Å². The van der Waals surface area contributed by atoms with E-state index >= 15 is 0 Å². The van der Waals surface area contributed by atoms with Crippen LogP contribution in [0.1, 0.15) is 38.3 Å². The zero-order chi connectivity index (χ0) is 18.8. The van der Waals surface area contributed by atoms with E-state index in [0.29, 0.717) is 18.8 Å². The highest BCUT2D eigenvalue weighted by Crippen LogP contribution is 2.26. The summed E-state index contributed by atoms with van der Waals surface area (Å²) in [4.78, 5) is 30.6. The van der Waals surface area contributed by atoms with Gasteiger partial charge in [0.1, 0.15) is 11.4 Å². The van der Waals surface area contributed by atoms with Crippen molar-refractivity contribution in [3.8, 4) is 0 Å². The van der Waals surface area contributed by atoms with Crippen LogP contribution in [-0.2, 0) is 14.3 Å². The predicted molar refractivity (Wildman–Crippen MR) is 94.5 cm³/mol. The van der Waals surface area contributed by atoms with Crippen LogP contribution in [0.25, 0.3) is 0 Å². The molecule has 0 aliphatic carbocycles. The number of aromatic nitrogens is 1. The van der Waals surface area contributed by atoms with E-state index in [4.69, 9.17) is 9.47 Å². The molecule has 0 saturated carbocycles. The van der Waals surface area contributed by atoms with Crippen molar-refractivity contribution in [2.45, 2.75) is 58.7 Å². The highest BCUT2D eigenvalue weighted by atomic mass is 16.6. The maximum Gasteiger partial charge on any atom is 0.411 e. The molecule has 0 aromatic carbocycles. The van der Waals surface area contributed by atoms with Gasteiger partial charge in [-0.15, -0.1) is 0 Å². The Balaban J connectivity index is 2.20. The van der Waals surface area contributed by atoms with Gasteiger partial charge in [-0.05, 0) is 52.2 Å². The minimum absolute atomic E-state index is 0.283. The van der Waals surface area contributed by atoms with Crippen molar-refractivity contribution >= 4 is 17.9 Å². The van der Waals surface area contributed by atoms with Gasteiger partial charge in [-0.25, -0.2) is 14.6 Å². The molecular weight excluding hydrogens is 322 g/mol. The summed E-state index contributed by atoms with van der Waals surface area (Å²) >= 11 is 0. The van der Waals surface area contributed by atoms with Crippen LogP contribution in [0.5, 0.6) is 0 Å². The van der Waals surface area contributed by atoms with Crippen LogP contribution in [0.3, 0.4) is 0 Å². The van der Waals surface area contributed by atoms with Crippen LogP contribution < -0.4 is 5.32 Å². The van der Waals surface area contributed by atoms with Crippen molar-refractivity contribution in [2.24, 2.45) is 0 Å². The molecule has 1 fully saturated rings. The molecule has 0 spiro atoms. The van der Waals surface area contributed by atoms with E-state index in [2.05, 4.69) is 10.3 Å². The number of pyridine rings is 1. The summed E-state index contributed by atoms with van der Waals surface area (Å²) in [7, 11) is 1.32. The number of aryl methyl sites for hydroxylation is 2. The minimum atomic E-state index is -0.748. The highest BCUT2D eigenvalue weighted by Gasteiger charge is 2.44. The molecule has 0 bridgehead atoms. The molecule has 7 heteroatoms. The molecule has 2 rings (SSSR count). The summed E-state index contributed by atoms with van der Waals surface area (Å²) < 4.78 is 10.3. The fourth-order valence-corrected chi connectivity index (χ4v) is 2.92. The Kier molecular flexibility index (Phi) is 5.55. The molecule has 138 valence electrons. The normalized spacial score (nSPS) is 20.3. The fourth-order valence-electron chi connectivity index (χ4n) is 2.92. The summed E-state index contributed by atoms with van der Waals surface area (Å²) in [5, 5.41) is 3.29. The van der Waals surface area contributed by atoms with Gasteiger partial charge >= 0.3 is 12.1 Å². The Morgan fingerprint density at radius 2 is 2.00 bits per heavy atom.